The van der Waals surface area contributed by atoms with Gasteiger partial charge in [0.1, 0.15) is 5.82 Å². The normalized spacial score (nSPS) is 18.1. The molecule has 0 atom stereocenters. The number of hydrogen-bond acceptors (Lipinski definition) is 2. The molecule has 2 nitrogen and oxygen atoms in total. The molecule has 0 unspecified atom stereocenters. The summed E-state index contributed by atoms with van der Waals surface area (Å²) < 4.78 is 1.10. The SMILES string of the molecule is CN(c1ncccc1Br)C1CCCCCC1. The van der Waals surface area contributed by atoms with E-state index in [1.54, 1.807) is 0 Å². The van der Waals surface area contributed by atoms with Crippen LogP contribution in [0.1, 0.15) is 38.5 Å². The Hall–Kier alpha value is -0.570. The van der Waals surface area contributed by atoms with Crippen LogP contribution in [0.15, 0.2) is 22.8 Å². The second-order valence-electron chi connectivity index (χ2n) is 4.57. The third-order valence-corrected chi connectivity index (χ3v) is 4.06. The maximum Gasteiger partial charge on any atom is 0.142 e. The molecule has 0 aromatic carbocycles. The molecule has 88 valence electrons. The van der Waals surface area contributed by atoms with E-state index in [9.17, 15) is 0 Å². The number of anilines is 1. The molecule has 1 aromatic heterocycles. The van der Waals surface area contributed by atoms with Gasteiger partial charge >= 0.3 is 0 Å². The highest BCUT2D eigenvalue weighted by Crippen LogP contribution is 2.28. The molecule has 16 heavy (non-hydrogen) atoms. The average molecular weight is 283 g/mol. The van der Waals surface area contributed by atoms with Gasteiger partial charge in [-0.25, -0.2) is 4.98 Å². The summed E-state index contributed by atoms with van der Waals surface area (Å²) >= 11 is 3.58. The third kappa shape index (κ3) is 2.76. The van der Waals surface area contributed by atoms with Crippen LogP contribution in [0.3, 0.4) is 0 Å². The van der Waals surface area contributed by atoms with Crippen molar-refractivity contribution in [1.82, 2.24) is 4.98 Å². The van der Waals surface area contributed by atoms with E-state index >= 15 is 0 Å². The summed E-state index contributed by atoms with van der Waals surface area (Å²) in [7, 11) is 2.17. The molecule has 1 fully saturated rings. The maximum atomic E-state index is 4.46. The largest absolute Gasteiger partial charge is 0.356 e. The van der Waals surface area contributed by atoms with Crippen LogP contribution >= 0.6 is 15.9 Å². The fourth-order valence-corrected chi connectivity index (χ4v) is 2.99. The van der Waals surface area contributed by atoms with Crippen molar-refractivity contribution in [1.29, 1.82) is 0 Å². The number of pyridine rings is 1. The molecule has 0 N–H and O–H groups in total. The summed E-state index contributed by atoms with van der Waals surface area (Å²) in [5.41, 5.74) is 0. The molecule has 0 aliphatic heterocycles. The van der Waals surface area contributed by atoms with Crippen molar-refractivity contribution >= 4 is 21.7 Å². The van der Waals surface area contributed by atoms with Crippen LogP contribution in [-0.4, -0.2) is 18.1 Å². The predicted molar refractivity (Wildman–Crippen MR) is 71.8 cm³/mol. The Morgan fingerprint density at radius 2 is 1.94 bits per heavy atom. The first-order valence-electron chi connectivity index (χ1n) is 6.12. The fourth-order valence-electron chi connectivity index (χ4n) is 2.45. The lowest BCUT2D eigenvalue weighted by molar-refractivity contribution is 0.548. The summed E-state index contributed by atoms with van der Waals surface area (Å²) in [6, 6.07) is 4.69. The van der Waals surface area contributed by atoms with E-state index in [2.05, 4.69) is 38.9 Å². The highest BCUT2D eigenvalue weighted by atomic mass is 79.9. The minimum absolute atomic E-state index is 0.661. The van der Waals surface area contributed by atoms with Gasteiger partial charge in [0.25, 0.3) is 0 Å². The second-order valence-corrected chi connectivity index (χ2v) is 5.42. The monoisotopic (exact) mass is 282 g/mol. The highest BCUT2D eigenvalue weighted by molar-refractivity contribution is 9.10. The van der Waals surface area contributed by atoms with E-state index in [0.717, 1.165) is 10.3 Å². The standard InChI is InChI=1S/C13H19BrN2/c1-16(11-7-4-2-3-5-8-11)13-12(14)9-6-10-15-13/h6,9-11H,2-5,7-8H2,1H3. The van der Waals surface area contributed by atoms with Crippen molar-refractivity contribution in [3.8, 4) is 0 Å². The summed E-state index contributed by atoms with van der Waals surface area (Å²) in [6.07, 6.45) is 9.99. The molecule has 0 amide bonds. The molecule has 0 spiro atoms. The molecule has 3 heteroatoms. The summed E-state index contributed by atoms with van der Waals surface area (Å²) in [4.78, 5) is 6.81. The van der Waals surface area contributed by atoms with E-state index < -0.39 is 0 Å². The topological polar surface area (TPSA) is 16.1 Å². The zero-order chi connectivity index (χ0) is 11.4. The van der Waals surface area contributed by atoms with E-state index in [1.165, 1.54) is 38.5 Å². The van der Waals surface area contributed by atoms with E-state index in [4.69, 9.17) is 0 Å². The quantitative estimate of drug-likeness (QED) is 0.762. The first kappa shape index (κ1) is 11.9. The van der Waals surface area contributed by atoms with Crippen LogP contribution in [0.5, 0.6) is 0 Å². The molecule has 2 rings (SSSR count). The van der Waals surface area contributed by atoms with Crippen molar-refractivity contribution < 1.29 is 0 Å². The molecule has 1 saturated carbocycles. The average Bonchev–Trinajstić information content (AvgIpc) is 2.57. The Morgan fingerprint density at radius 3 is 2.56 bits per heavy atom. The Kier molecular flexibility index (Phi) is 4.22. The summed E-state index contributed by atoms with van der Waals surface area (Å²) in [5.74, 6) is 1.08. The molecule has 0 bridgehead atoms. The second kappa shape index (κ2) is 5.67. The van der Waals surface area contributed by atoms with Crippen molar-refractivity contribution in [2.75, 3.05) is 11.9 Å². The maximum absolute atomic E-state index is 4.46. The molecular weight excluding hydrogens is 264 g/mol. The van der Waals surface area contributed by atoms with Gasteiger partial charge in [-0.15, -0.1) is 0 Å². The van der Waals surface area contributed by atoms with E-state index in [0.29, 0.717) is 6.04 Å². The lowest BCUT2D eigenvalue weighted by atomic mass is 10.1. The zero-order valence-corrected chi connectivity index (χ0v) is 11.4. The summed E-state index contributed by atoms with van der Waals surface area (Å²) in [5, 5.41) is 0. The molecule has 1 aliphatic rings. The van der Waals surface area contributed by atoms with Crippen molar-refractivity contribution in [3.05, 3.63) is 22.8 Å². The van der Waals surface area contributed by atoms with Crippen LogP contribution in [-0.2, 0) is 0 Å². The minimum atomic E-state index is 0.661. The van der Waals surface area contributed by atoms with Crippen LogP contribution in [0.2, 0.25) is 0 Å². The number of rotatable bonds is 2. The highest BCUT2D eigenvalue weighted by Gasteiger charge is 2.19. The van der Waals surface area contributed by atoms with Gasteiger partial charge in [-0.05, 0) is 40.9 Å². The van der Waals surface area contributed by atoms with Crippen molar-refractivity contribution in [2.24, 2.45) is 0 Å². The van der Waals surface area contributed by atoms with Crippen molar-refractivity contribution in [3.63, 3.8) is 0 Å². The fraction of sp³-hybridized carbons (Fsp3) is 0.615. The van der Waals surface area contributed by atoms with Crippen LogP contribution < -0.4 is 4.90 Å². The lowest BCUT2D eigenvalue weighted by Crippen LogP contribution is -2.31. The smallest absolute Gasteiger partial charge is 0.142 e. The predicted octanol–water partition coefficient (Wildman–Crippen LogP) is 4.00. The molecule has 0 saturated heterocycles. The Bertz CT molecular complexity index is 332. The van der Waals surface area contributed by atoms with Crippen molar-refractivity contribution in [2.45, 2.75) is 44.6 Å². The summed E-state index contributed by atoms with van der Waals surface area (Å²) in [6.45, 7) is 0. The first-order chi connectivity index (χ1) is 7.79. The van der Waals surface area contributed by atoms with Gasteiger partial charge in [0.2, 0.25) is 0 Å². The number of nitrogens with zero attached hydrogens (tertiary/aromatic N) is 2. The third-order valence-electron chi connectivity index (χ3n) is 3.45. The number of aromatic nitrogens is 1. The molecule has 1 heterocycles. The molecular formula is C13H19BrN2. The van der Waals surface area contributed by atoms with E-state index in [1.807, 2.05) is 12.3 Å². The minimum Gasteiger partial charge on any atom is -0.356 e. The van der Waals surface area contributed by atoms with Crippen LogP contribution in [0.4, 0.5) is 5.82 Å². The number of hydrogen-bond donors (Lipinski definition) is 0. The Balaban J connectivity index is 2.11. The van der Waals surface area contributed by atoms with Gasteiger partial charge in [0, 0.05) is 19.3 Å². The van der Waals surface area contributed by atoms with Gasteiger partial charge < -0.3 is 4.90 Å². The first-order valence-corrected chi connectivity index (χ1v) is 6.91. The van der Waals surface area contributed by atoms with Crippen LogP contribution in [0.25, 0.3) is 0 Å². The lowest BCUT2D eigenvalue weighted by Gasteiger charge is -2.28. The molecule has 1 aliphatic carbocycles. The van der Waals surface area contributed by atoms with Gasteiger partial charge in [-0.1, -0.05) is 25.7 Å². The molecule has 0 radical (unpaired) electrons. The van der Waals surface area contributed by atoms with Crippen LogP contribution in [0, 0.1) is 0 Å². The van der Waals surface area contributed by atoms with Gasteiger partial charge in [-0.3, -0.25) is 0 Å². The Morgan fingerprint density at radius 1 is 1.25 bits per heavy atom. The Labute approximate surface area is 106 Å². The van der Waals surface area contributed by atoms with Gasteiger partial charge in [0.05, 0.1) is 4.47 Å². The van der Waals surface area contributed by atoms with Gasteiger partial charge in [0.15, 0.2) is 0 Å². The number of halogens is 1. The molecule has 1 aromatic rings. The zero-order valence-electron chi connectivity index (χ0n) is 9.82. The van der Waals surface area contributed by atoms with E-state index in [-0.39, 0.29) is 0 Å². The van der Waals surface area contributed by atoms with Gasteiger partial charge in [-0.2, -0.15) is 0 Å².